The van der Waals surface area contributed by atoms with Crippen LogP contribution in [0.15, 0.2) is 23.9 Å². The van der Waals surface area contributed by atoms with E-state index in [2.05, 4.69) is 0 Å². The second kappa shape index (κ2) is 5.47. The van der Waals surface area contributed by atoms with E-state index in [9.17, 15) is 4.79 Å². The molecule has 1 heterocycles. The largest absolute Gasteiger partial charge is 0.320 e. The van der Waals surface area contributed by atoms with Crippen molar-refractivity contribution in [3.05, 3.63) is 23.9 Å². The van der Waals surface area contributed by atoms with Gasteiger partial charge in [0.1, 0.15) is 11.8 Å². The monoisotopic (exact) mass is 219 g/mol. The van der Waals surface area contributed by atoms with Gasteiger partial charge in [-0.1, -0.05) is 32.4 Å². The van der Waals surface area contributed by atoms with Gasteiger partial charge >= 0.3 is 0 Å². The molecular weight excluding hydrogens is 202 g/mol. The van der Waals surface area contributed by atoms with Crippen LogP contribution in [0.3, 0.4) is 0 Å². The van der Waals surface area contributed by atoms with E-state index in [1.165, 1.54) is 4.90 Å². The summed E-state index contributed by atoms with van der Waals surface area (Å²) in [5, 5.41) is 8.90. The van der Waals surface area contributed by atoms with E-state index in [1.807, 2.05) is 26.0 Å². The van der Waals surface area contributed by atoms with Crippen molar-refractivity contribution >= 4 is 5.91 Å². The van der Waals surface area contributed by atoms with Crippen LogP contribution in [0.4, 0.5) is 0 Å². The molecule has 0 saturated carbocycles. The molecule has 0 radical (unpaired) electrons. The van der Waals surface area contributed by atoms with Crippen LogP contribution in [0.1, 0.15) is 20.3 Å². The number of carbonyl (C=O) groups excluding carboxylic acids is 1. The molecule has 4 nitrogen and oxygen atoms in total. The Labute approximate surface area is 96.0 Å². The van der Waals surface area contributed by atoms with E-state index in [0.29, 0.717) is 12.2 Å². The fraction of sp³-hybridized carbons (Fsp3) is 0.500. The van der Waals surface area contributed by atoms with Gasteiger partial charge in [-0.2, -0.15) is 5.26 Å². The molecule has 2 atom stereocenters. The van der Waals surface area contributed by atoms with Crippen LogP contribution in [0, 0.1) is 17.2 Å². The highest BCUT2D eigenvalue weighted by atomic mass is 16.2. The van der Waals surface area contributed by atoms with Gasteiger partial charge in [0.05, 0.1) is 6.04 Å². The summed E-state index contributed by atoms with van der Waals surface area (Å²) in [5.41, 5.74) is 6.23. The third-order valence-electron chi connectivity index (χ3n) is 2.89. The molecule has 0 aromatic rings. The molecule has 1 rings (SSSR count). The van der Waals surface area contributed by atoms with Crippen molar-refractivity contribution in [2.24, 2.45) is 11.7 Å². The summed E-state index contributed by atoms with van der Waals surface area (Å²) < 4.78 is 0. The van der Waals surface area contributed by atoms with Crippen molar-refractivity contribution < 1.29 is 4.79 Å². The van der Waals surface area contributed by atoms with Gasteiger partial charge in [0.15, 0.2) is 0 Å². The highest BCUT2D eigenvalue weighted by Crippen LogP contribution is 2.14. The first kappa shape index (κ1) is 12.5. The van der Waals surface area contributed by atoms with Crippen molar-refractivity contribution in [1.29, 1.82) is 5.26 Å². The molecule has 0 saturated heterocycles. The number of rotatable bonds is 3. The number of nitriles is 1. The third-order valence-corrected chi connectivity index (χ3v) is 2.89. The van der Waals surface area contributed by atoms with E-state index in [4.69, 9.17) is 11.0 Å². The minimum atomic E-state index is -0.534. The van der Waals surface area contributed by atoms with Crippen LogP contribution in [-0.4, -0.2) is 23.4 Å². The van der Waals surface area contributed by atoms with Crippen LogP contribution in [0.2, 0.25) is 0 Å². The number of nitrogens with two attached hydrogens (primary N) is 1. The van der Waals surface area contributed by atoms with Gasteiger partial charge in [0, 0.05) is 6.54 Å². The number of carbonyl (C=O) groups is 1. The Balaban J connectivity index is 2.79. The average molecular weight is 219 g/mol. The molecule has 0 unspecified atom stereocenters. The first-order chi connectivity index (χ1) is 7.61. The lowest BCUT2D eigenvalue weighted by atomic mass is 9.98. The standard InChI is InChI=1S/C12H17N3O/c1-3-9(2)11(14)12(16)15-7-5-4-6-10(15)8-13/h4-6,9,11H,3,7,14H2,1-2H3/t9-,11-/m0/s1. The maximum atomic E-state index is 12.0. The van der Waals surface area contributed by atoms with Crippen LogP contribution in [0.5, 0.6) is 0 Å². The lowest BCUT2D eigenvalue weighted by molar-refractivity contribution is -0.131. The first-order valence-corrected chi connectivity index (χ1v) is 5.45. The number of nitrogens with zero attached hydrogens (tertiary/aromatic N) is 2. The van der Waals surface area contributed by atoms with Crippen LogP contribution < -0.4 is 5.73 Å². The lowest BCUT2D eigenvalue weighted by Crippen LogP contribution is -2.46. The Bertz CT molecular complexity index is 365. The number of hydrogen-bond acceptors (Lipinski definition) is 3. The smallest absolute Gasteiger partial charge is 0.245 e. The van der Waals surface area contributed by atoms with Crippen LogP contribution in [0.25, 0.3) is 0 Å². The SMILES string of the molecule is CC[C@H](C)[C@H](N)C(=O)N1CC=CC=C1C#N. The molecule has 1 amide bonds. The van der Waals surface area contributed by atoms with Crippen LogP contribution in [-0.2, 0) is 4.79 Å². The van der Waals surface area contributed by atoms with E-state index in [0.717, 1.165) is 6.42 Å². The minimum Gasteiger partial charge on any atom is -0.320 e. The molecule has 0 aliphatic carbocycles. The summed E-state index contributed by atoms with van der Waals surface area (Å²) in [6.07, 6.45) is 6.09. The van der Waals surface area contributed by atoms with Crippen molar-refractivity contribution in [3.8, 4) is 6.07 Å². The van der Waals surface area contributed by atoms with Gasteiger partial charge < -0.3 is 5.73 Å². The molecular formula is C12H17N3O. The van der Waals surface area contributed by atoms with Gasteiger partial charge in [-0.25, -0.2) is 0 Å². The van der Waals surface area contributed by atoms with Crippen molar-refractivity contribution in [2.45, 2.75) is 26.3 Å². The molecule has 0 spiro atoms. The van der Waals surface area contributed by atoms with Crippen LogP contribution >= 0.6 is 0 Å². The normalized spacial score (nSPS) is 18.6. The maximum absolute atomic E-state index is 12.0. The summed E-state index contributed by atoms with van der Waals surface area (Å²) in [7, 11) is 0. The molecule has 2 N–H and O–H groups in total. The Morgan fingerprint density at radius 3 is 3.00 bits per heavy atom. The van der Waals surface area contributed by atoms with Gasteiger partial charge in [-0.15, -0.1) is 0 Å². The Morgan fingerprint density at radius 2 is 2.44 bits per heavy atom. The highest BCUT2D eigenvalue weighted by molar-refractivity contribution is 5.84. The Kier molecular flexibility index (Phi) is 4.27. The molecule has 1 aliphatic heterocycles. The summed E-state index contributed by atoms with van der Waals surface area (Å²) in [6, 6.07) is 1.47. The zero-order valence-corrected chi connectivity index (χ0v) is 9.68. The molecule has 86 valence electrons. The summed E-state index contributed by atoms with van der Waals surface area (Å²) in [4.78, 5) is 13.5. The number of allylic oxidation sites excluding steroid dienone is 3. The number of hydrogen-bond donors (Lipinski definition) is 1. The highest BCUT2D eigenvalue weighted by Gasteiger charge is 2.27. The summed E-state index contributed by atoms with van der Waals surface area (Å²) in [6.45, 7) is 4.37. The second-order valence-electron chi connectivity index (χ2n) is 3.95. The minimum absolute atomic E-state index is 0.123. The second-order valence-corrected chi connectivity index (χ2v) is 3.95. The van der Waals surface area contributed by atoms with E-state index < -0.39 is 6.04 Å². The van der Waals surface area contributed by atoms with Crippen molar-refractivity contribution in [2.75, 3.05) is 6.54 Å². The van der Waals surface area contributed by atoms with E-state index in [-0.39, 0.29) is 11.8 Å². The zero-order valence-electron chi connectivity index (χ0n) is 9.68. The van der Waals surface area contributed by atoms with E-state index >= 15 is 0 Å². The fourth-order valence-corrected chi connectivity index (χ4v) is 1.50. The number of amides is 1. The first-order valence-electron chi connectivity index (χ1n) is 5.45. The quantitative estimate of drug-likeness (QED) is 0.774. The topological polar surface area (TPSA) is 70.1 Å². The van der Waals surface area contributed by atoms with Gasteiger partial charge in [0.2, 0.25) is 5.91 Å². The lowest BCUT2D eigenvalue weighted by Gasteiger charge is -2.27. The van der Waals surface area contributed by atoms with Gasteiger partial charge in [-0.05, 0) is 12.0 Å². The molecule has 4 heteroatoms. The Hall–Kier alpha value is -1.60. The van der Waals surface area contributed by atoms with Crippen molar-refractivity contribution in [3.63, 3.8) is 0 Å². The van der Waals surface area contributed by atoms with E-state index in [1.54, 1.807) is 12.2 Å². The molecule has 1 aliphatic rings. The molecule has 16 heavy (non-hydrogen) atoms. The molecule has 0 aromatic carbocycles. The van der Waals surface area contributed by atoms with Crippen molar-refractivity contribution in [1.82, 2.24) is 4.90 Å². The zero-order chi connectivity index (χ0) is 12.1. The fourth-order valence-electron chi connectivity index (χ4n) is 1.50. The average Bonchev–Trinajstić information content (AvgIpc) is 2.35. The third kappa shape index (κ3) is 2.50. The van der Waals surface area contributed by atoms with Gasteiger partial charge in [0.25, 0.3) is 0 Å². The van der Waals surface area contributed by atoms with Gasteiger partial charge in [-0.3, -0.25) is 9.69 Å². The Morgan fingerprint density at radius 1 is 1.75 bits per heavy atom. The molecule has 0 aromatic heterocycles. The predicted molar refractivity (Wildman–Crippen MR) is 62.0 cm³/mol. The molecule has 0 fully saturated rings. The predicted octanol–water partition coefficient (Wildman–Crippen LogP) is 1.17. The summed E-state index contributed by atoms with van der Waals surface area (Å²) >= 11 is 0. The molecule has 0 bridgehead atoms. The maximum Gasteiger partial charge on any atom is 0.245 e. The summed E-state index contributed by atoms with van der Waals surface area (Å²) in [5.74, 6) is -0.0511.